The first-order valence-electron chi connectivity index (χ1n) is 6.36. The summed E-state index contributed by atoms with van der Waals surface area (Å²) in [6.07, 6.45) is 0. The minimum atomic E-state index is -0.391. The average Bonchev–Trinajstić information content (AvgIpc) is 2.85. The zero-order valence-corrected chi connectivity index (χ0v) is 14.6. The summed E-state index contributed by atoms with van der Waals surface area (Å²) in [6.45, 7) is 3.72. The third-order valence-electron chi connectivity index (χ3n) is 3.00. The average molecular weight is 357 g/mol. The molecule has 22 heavy (non-hydrogen) atoms. The van der Waals surface area contributed by atoms with E-state index in [0.29, 0.717) is 26.3 Å². The number of carbonyl (C=O) groups is 1. The van der Waals surface area contributed by atoms with Gasteiger partial charge in [-0.3, -0.25) is 5.43 Å². The smallest absolute Gasteiger partial charge is 0.350 e. The molecular formula is C15H14Cl2N2O2S. The standard InChI is InChI=1S/C15H14Cl2N2O2S/c1-8-7-22-14(15(20)21-3)13(8)19-18-9(2)11-5-4-10(16)6-12(11)17/h4-7,19H,1-3H3. The van der Waals surface area contributed by atoms with Crippen LogP contribution in [-0.2, 0) is 4.74 Å². The number of nitrogens with zero attached hydrogens (tertiary/aromatic N) is 1. The number of hydrogen-bond acceptors (Lipinski definition) is 5. The molecule has 0 saturated carbocycles. The maximum atomic E-state index is 11.7. The molecule has 7 heteroatoms. The first kappa shape index (κ1) is 16.8. The lowest BCUT2D eigenvalue weighted by atomic mass is 10.1. The van der Waals surface area contributed by atoms with Crippen molar-refractivity contribution in [2.75, 3.05) is 12.5 Å². The summed E-state index contributed by atoms with van der Waals surface area (Å²) in [5, 5.41) is 7.26. The van der Waals surface area contributed by atoms with E-state index < -0.39 is 5.97 Å². The molecule has 0 saturated heterocycles. The van der Waals surface area contributed by atoms with Gasteiger partial charge >= 0.3 is 5.97 Å². The highest BCUT2D eigenvalue weighted by Crippen LogP contribution is 2.28. The number of aryl methyl sites for hydroxylation is 1. The third-order valence-corrected chi connectivity index (χ3v) is 4.63. The van der Waals surface area contributed by atoms with Gasteiger partial charge in [0.1, 0.15) is 4.88 Å². The molecule has 0 amide bonds. The third kappa shape index (κ3) is 3.61. The monoisotopic (exact) mass is 356 g/mol. The Morgan fingerprint density at radius 1 is 1.36 bits per heavy atom. The number of esters is 1. The summed E-state index contributed by atoms with van der Waals surface area (Å²) in [6, 6.07) is 5.21. The zero-order valence-electron chi connectivity index (χ0n) is 12.2. The molecule has 116 valence electrons. The number of methoxy groups -OCH3 is 1. The lowest BCUT2D eigenvalue weighted by Crippen LogP contribution is -2.05. The second-order valence-corrected chi connectivity index (χ2v) is 6.27. The Hall–Kier alpha value is -1.56. The summed E-state index contributed by atoms with van der Waals surface area (Å²) in [4.78, 5) is 12.2. The Morgan fingerprint density at radius 3 is 2.73 bits per heavy atom. The molecule has 4 nitrogen and oxygen atoms in total. The van der Waals surface area contributed by atoms with Gasteiger partial charge in [0.2, 0.25) is 0 Å². The van der Waals surface area contributed by atoms with E-state index in [-0.39, 0.29) is 0 Å². The first-order valence-corrected chi connectivity index (χ1v) is 7.99. The highest BCUT2D eigenvalue weighted by atomic mass is 35.5. The Balaban J connectivity index is 2.28. The second-order valence-electron chi connectivity index (χ2n) is 4.55. The van der Waals surface area contributed by atoms with Gasteiger partial charge in [0.05, 0.1) is 23.5 Å². The molecule has 0 aliphatic heterocycles. The van der Waals surface area contributed by atoms with Crippen LogP contribution >= 0.6 is 34.5 Å². The van der Waals surface area contributed by atoms with E-state index in [1.165, 1.54) is 18.4 Å². The van der Waals surface area contributed by atoms with Gasteiger partial charge in [0.15, 0.2) is 0 Å². The lowest BCUT2D eigenvalue weighted by Gasteiger charge is -2.07. The maximum Gasteiger partial charge on any atom is 0.350 e. The molecule has 0 spiro atoms. The number of rotatable bonds is 4. The predicted molar refractivity (Wildman–Crippen MR) is 92.7 cm³/mol. The van der Waals surface area contributed by atoms with Gasteiger partial charge in [0.25, 0.3) is 0 Å². The second kappa shape index (κ2) is 7.13. The van der Waals surface area contributed by atoms with E-state index >= 15 is 0 Å². The summed E-state index contributed by atoms with van der Waals surface area (Å²) >= 11 is 13.3. The van der Waals surface area contributed by atoms with Crippen molar-refractivity contribution in [3.63, 3.8) is 0 Å². The van der Waals surface area contributed by atoms with Crippen LogP contribution in [0.5, 0.6) is 0 Å². The number of hydrogen-bond donors (Lipinski definition) is 1. The van der Waals surface area contributed by atoms with Gasteiger partial charge in [0, 0.05) is 10.6 Å². The van der Waals surface area contributed by atoms with Crippen molar-refractivity contribution in [1.29, 1.82) is 0 Å². The van der Waals surface area contributed by atoms with Crippen molar-refractivity contribution in [3.8, 4) is 0 Å². The Labute approximate surface area is 142 Å². The molecule has 1 heterocycles. The van der Waals surface area contributed by atoms with E-state index in [4.69, 9.17) is 27.9 Å². The topological polar surface area (TPSA) is 50.7 Å². The van der Waals surface area contributed by atoms with Crippen LogP contribution in [-0.4, -0.2) is 18.8 Å². The van der Waals surface area contributed by atoms with Crippen LogP contribution in [0.3, 0.4) is 0 Å². The SMILES string of the molecule is COC(=O)c1scc(C)c1NN=C(C)c1ccc(Cl)cc1Cl. The summed E-state index contributed by atoms with van der Waals surface area (Å²) in [5.41, 5.74) is 5.94. The number of benzene rings is 1. The van der Waals surface area contributed by atoms with Crippen molar-refractivity contribution in [1.82, 2.24) is 0 Å². The Bertz CT molecular complexity index is 741. The van der Waals surface area contributed by atoms with Gasteiger partial charge in [-0.1, -0.05) is 29.3 Å². The Morgan fingerprint density at radius 2 is 2.09 bits per heavy atom. The van der Waals surface area contributed by atoms with Gasteiger partial charge < -0.3 is 4.74 Å². The molecular weight excluding hydrogens is 343 g/mol. The highest BCUT2D eigenvalue weighted by Gasteiger charge is 2.16. The van der Waals surface area contributed by atoms with Gasteiger partial charge in [-0.25, -0.2) is 4.79 Å². The number of thiophene rings is 1. The van der Waals surface area contributed by atoms with E-state index in [0.717, 1.165) is 11.1 Å². The quantitative estimate of drug-likeness (QED) is 0.477. The number of halogens is 2. The van der Waals surface area contributed by atoms with Crippen LogP contribution in [0.25, 0.3) is 0 Å². The molecule has 1 N–H and O–H groups in total. The molecule has 0 aliphatic rings. The minimum absolute atomic E-state index is 0.391. The van der Waals surface area contributed by atoms with Crippen molar-refractivity contribution in [3.05, 3.63) is 49.6 Å². The largest absolute Gasteiger partial charge is 0.465 e. The molecule has 0 unspecified atom stereocenters. The van der Waals surface area contributed by atoms with Crippen molar-refractivity contribution in [2.24, 2.45) is 5.10 Å². The van der Waals surface area contributed by atoms with E-state index in [1.807, 2.05) is 19.2 Å². The fraction of sp³-hybridized carbons (Fsp3) is 0.200. The van der Waals surface area contributed by atoms with Crippen LogP contribution in [0, 0.1) is 6.92 Å². The maximum absolute atomic E-state index is 11.7. The van der Waals surface area contributed by atoms with Crippen LogP contribution in [0.4, 0.5) is 5.69 Å². The lowest BCUT2D eigenvalue weighted by molar-refractivity contribution is 0.0607. The minimum Gasteiger partial charge on any atom is -0.465 e. The highest BCUT2D eigenvalue weighted by molar-refractivity contribution is 7.12. The number of hydrazone groups is 1. The van der Waals surface area contributed by atoms with Crippen molar-refractivity contribution >= 4 is 51.9 Å². The van der Waals surface area contributed by atoms with E-state index in [2.05, 4.69) is 10.5 Å². The number of anilines is 1. The van der Waals surface area contributed by atoms with Crippen LogP contribution < -0.4 is 5.43 Å². The van der Waals surface area contributed by atoms with Gasteiger partial charge in [-0.05, 0) is 36.9 Å². The summed E-state index contributed by atoms with van der Waals surface area (Å²) in [7, 11) is 1.35. The van der Waals surface area contributed by atoms with Crippen molar-refractivity contribution in [2.45, 2.75) is 13.8 Å². The normalized spacial score (nSPS) is 11.4. The Kier molecular flexibility index (Phi) is 5.45. The molecule has 2 rings (SSSR count). The number of nitrogens with one attached hydrogen (secondary N) is 1. The molecule has 1 aromatic carbocycles. The molecule has 1 aromatic heterocycles. The molecule has 0 aliphatic carbocycles. The van der Waals surface area contributed by atoms with Crippen LogP contribution in [0.15, 0.2) is 28.7 Å². The van der Waals surface area contributed by atoms with E-state index in [1.54, 1.807) is 18.2 Å². The van der Waals surface area contributed by atoms with Crippen molar-refractivity contribution < 1.29 is 9.53 Å². The fourth-order valence-electron chi connectivity index (χ4n) is 1.81. The van der Waals surface area contributed by atoms with Crippen LogP contribution in [0.2, 0.25) is 10.0 Å². The summed E-state index contributed by atoms with van der Waals surface area (Å²) in [5.74, 6) is -0.391. The number of ether oxygens (including phenoxy) is 1. The summed E-state index contributed by atoms with van der Waals surface area (Å²) < 4.78 is 4.76. The van der Waals surface area contributed by atoms with Gasteiger partial charge in [-0.2, -0.15) is 5.10 Å². The molecule has 2 aromatic rings. The van der Waals surface area contributed by atoms with Crippen LogP contribution in [0.1, 0.15) is 27.7 Å². The van der Waals surface area contributed by atoms with E-state index in [9.17, 15) is 4.79 Å². The molecule has 0 radical (unpaired) electrons. The first-order chi connectivity index (χ1) is 10.4. The van der Waals surface area contributed by atoms with Gasteiger partial charge in [-0.15, -0.1) is 11.3 Å². The fourth-order valence-corrected chi connectivity index (χ4v) is 3.27. The number of carbonyl (C=O) groups excluding carboxylic acids is 1. The zero-order chi connectivity index (χ0) is 16.3. The molecule has 0 atom stereocenters. The predicted octanol–water partition coefficient (Wildman–Crippen LogP) is 4.99. The molecule has 0 fully saturated rings. The molecule has 0 bridgehead atoms.